The first-order valence-electron chi connectivity index (χ1n) is 10.2. The Labute approximate surface area is 181 Å². The minimum absolute atomic E-state index is 0.0776. The van der Waals surface area contributed by atoms with Crippen molar-refractivity contribution in [2.45, 2.75) is 51.1 Å². The summed E-state index contributed by atoms with van der Waals surface area (Å²) < 4.78 is 7.13. The zero-order chi connectivity index (χ0) is 21.7. The number of aryl methyl sites for hydroxylation is 2. The van der Waals surface area contributed by atoms with E-state index in [9.17, 15) is 9.59 Å². The van der Waals surface area contributed by atoms with Crippen molar-refractivity contribution in [1.29, 1.82) is 0 Å². The number of nitrogens with zero attached hydrogens (tertiary/aromatic N) is 2. The predicted molar refractivity (Wildman–Crippen MR) is 121 cm³/mol. The number of hydrogen-bond acceptors (Lipinski definition) is 5. The molecule has 0 radical (unpaired) electrons. The van der Waals surface area contributed by atoms with Crippen LogP contribution in [0.3, 0.4) is 0 Å². The number of carbonyl (C=O) groups is 2. The van der Waals surface area contributed by atoms with Crippen molar-refractivity contribution in [2.75, 3.05) is 11.9 Å². The number of thioether (sulfide) groups is 1. The molecule has 0 spiro atoms. The Morgan fingerprint density at radius 2 is 1.87 bits per heavy atom. The molecular formula is C23H27N3O3S. The summed E-state index contributed by atoms with van der Waals surface area (Å²) in [5.41, 5.74) is 4.13. The number of esters is 1. The Morgan fingerprint density at radius 1 is 1.13 bits per heavy atom. The number of ether oxygens (including phenoxy) is 1. The van der Waals surface area contributed by atoms with E-state index in [0.717, 1.165) is 22.8 Å². The molecule has 0 fully saturated rings. The molecule has 0 saturated carbocycles. The van der Waals surface area contributed by atoms with Gasteiger partial charge in [-0.25, -0.2) is 9.78 Å². The molecular weight excluding hydrogens is 398 g/mol. The maximum atomic E-state index is 12.7. The summed E-state index contributed by atoms with van der Waals surface area (Å²) in [7, 11) is 0. The maximum Gasteiger partial charge on any atom is 0.338 e. The van der Waals surface area contributed by atoms with Gasteiger partial charge in [0.15, 0.2) is 5.16 Å². The van der Waals surface area contributed by atoms with E-state index in [2.05, 4.69) is 21.8 Å². The summed E-state index contributed by atoms with van der Waals surface area (Å²) in [6, 6.07) is 13.2. The second-order valence-corrected chi connectivity index (χ2v) is 8.17. The van der Waals surface area contributed by atoms with Crippen molar-refractivity contribution < 1.29 is 14.3 Å². The lowest BCUT2D eigenvalue weighted by molar-refractivity contribution is -0.115. The van der Waals surface area contributed by atoms with Gasteiger partial charge in [0.05, 0.1) is 28.5 Å². The van der Waals surface area contributed by atoms with Gasteiger partial charge in [-0.3, -0.25) is 4.79 Å². The summed E-state index contributed by atoms with van der Waals surface area (Å²) in [6.07, 6.45) is 0.964. The lowest BCUT2D eigenvalue weighted by Crippen LogP contribution is -2.22. The largest absolute Gasteiger partial charge is 0.462 e. The maximum absolute atomic E-state index is 12.7. The molecule has 7 heteroatoms. The minimum atomic E-state index is -0.360. The van der Waals surface area contributed by atoms with Gasteiger partial charge in [0, 0.05) is 12.2 Å². The van der Waals surface area contributed by atoms with Gasteiger partial charge in [0.2, 0.25) is 5.91 Å². The van der Waals surface area contributed by atoms with Crippen molar-refractivity contribution in [1.82, 2.24) is 9.55 Å². The van der Waals surface area contributed by atoms with Gasteiger partial charge in [-0.05, 0) is 63.1 Å². The molecule has 0 bridgehead atoms. The lowest BCUT2D eigenvalue weighted by Gasteiger charge is -2.13. The highest BCUT2D eigenvalue weighted by Gasteiger charge is 2.20. The molecule has 0 aliphatic carbocycles. The molecule has 1 N–H and O–H groups in total. The van der Waals surface area contributed by atoms with Crippen LogP contribution < -0.4 is 5.32 Å². The van der Waals surface area contributed by atoms with E-state index in [1.54, 1.807) is 19.1 Å². The van der Waals surface area contributed by atoms with Gasteiger partial charge in [-0.15, -0.1) is 0 Å². The molecule has 1 atom stereocenters. The molecule has 2 aromatic carbocycles. The second kappa shape index (κ2) is 9.80. The summed E-state index contributed by atoms with van der Waals surface area (Å²) >= 11 is 1.40. The van der Waals surface area contributed by atoms with Crippen LogP contribution in [0.2, 0.25) is 0 Å². The number of amides is 1. The highest BCUT2D eigenvalue weighted by atomic mass is 32.2. The number of anilines is 1. The normalized spacial score (nSPS) is 12.0. The van der Waals surface area contributed by atoms with Crippen LogP contribution in [0.25, 0.3) is 11.0 Å². The van der Waals surface area contributed by atoms with E-state index in [-0.39, 0.29) is 17.1 Å². The first kappa shape index (κ1) is 21.9. The van der Waals surface area contributed by atoms with Crippen molar-refractivity contribution in [2.24, 2.45) is 0 Å². The monoisotopic (exact) mass is 425 g/mol. The molecule has 0 unspecified atom stereocenters. The van der Waals surface area contributed by atoms with Crippen LogP contribution in [0.15, 0.2) is 47.6 Å². The molecule has 0 aliphatic rings. The van der Waals surface area contributed by atoms with E-state index in [4.69, 9.17) is 4.74 Å². The van der Waals surface area contributed by atoms with Gasteiger partial charge in [0.1, 0.15) is 0 Å². The minimum Gasteiger partial charge on any atom is -0.462 e. The Morgan fingerprint density at radius 3 is 2.50 bits per heavy atom. The third-order valence-electron chi connectivity index (χ3n) is 4.82. The Balaban J connectivity index is 1.77. The van der Waals surface area contributed by atoms with Gasteiger partial charge in [-0.2, -0.15) is 0 Å². The standard InChI is InChI=1S/C23H27N3O3S/c1-5-16-8-11-18(12-9-16)24-21(27)15(4)30-23-25-19-14-17(22(28)29-7-3)10-13-20(19)26(23)6-2/h8-15H,5-7H2,1-4H3,(H,24,27)/t15-/m1/s1. The van der Waals surface area contributed by atoms with E-state index in [1.165, 1.54) is 17.3 Å². The number of imidazole rings is 1. The summed E-state index contributed by atoms with van der Waals surface area (Å²) in [5, 5.41) is 3.38. The average Bonchev–Trinajstić information content (AvgIpc) is 3.10. The van der Waals surface area contributed by atoms with Crippen LogP contribution in [0.4, 0.5) is 5.69 Å². The van der Waals surface area contributed by atoms with Gasteiger partial charge < -0.3 is 14.6 Å². The third kappa shape index (κ3) is 4.84. The Bertz CT molecular complexity index is 1040. The zero-order valence-corrected chi connectivity index (χ0v) is 18.6. The Hall–Kier alpha value is -2.80. The quantitative estimate of drug-likeness (QED) is 0.410. The Kier molecular flexibility index (Phi) is 7.15. The SMILES string of the molecule is CCOC(=O)c1ccc2c(c1)nc(S[C@H](C)C(=O)Nc1ccc(CC)cc1)n2CC. The predicted octanol–water partition coefficient (Wildman–Crippen LogP) is 4.91. The summed E-state index contributed by atoms with van der Waals surface area (Å²) in [5.74, 6) is -0.437. The average molecular weight is 426 g/mol. The molecule has 1 heterocycles. The number of rotatable bonds is 8. The highest BCUT2D eigenvalue weighted by Crippen LogP contribution is 2.28. The first-order valence-corrected chi connectivity index (χ1v) is 11.1. The van der Waals surface area contributed by atoms with Crippen LogP contribution >= 0.6 is 11.8 Å². The van der Waals surface area contributed by atoms with E-state index >= 15 is 0 Å². The van der Waals surface area contributed by atoms with Crippen LogP contribution in [0.5, 0.6) is 0 Å². The van der Waals surface area contributed by atoms with Crippen molar-refractivity contribution in [3.8, 4) is 0 Å². The smallest absolute Gasteiger partial charge is 0.338 e. The number of hydrogen-bond donors (Lipinski definition) is 1. The molecule has 158 valence electrons. The third-order valence-corrected chi connectivity index (χ3v) is 5.91. The first-order chi connectivity index (χ1) is 14.5. The van der Waals surface area contributed by atoms with Gasteiger partial charge >= 0.3 is 5.97 Å². The number of benzene rings is 2. The van der Waals surface area contributed by atoms with E-state index < -0.39 is 0 Å². The summed E-state index contributed by atoms with van der Waals surface area (Å²) in [6.45, 7) is 8.82. The fourth-order valence-corrected chi connectivity index (χ4v) is 4.11. The lowest BCUT2D eigenvalue weighted by atomic mass is 10.1. The molecule has 0 aliphatic heterocycles. The van der Waals surface area contributed by atoms with E-state index in [0.29, 0.717) is 24.2 Å². The fourth-order valence-electron chi connectivity index (χ4n) is 3.12. The molecule has 3 rings (SSSR count). The number of carbonyl (C=O) groups excluding carboxylic acids is 2. The topological polar surface area (TPSA) is 73.2 Å². The van der Waals surface area contributed by atoms with Crippen LogP contribution in [0, 0.1) is 0 Å². The molecule has 0 saturated heterocycles. The van der Waals surface area contributed by atoms with E-state index in [1.807, 2.05) is 44.2 Å². The van der Waals surface area contributed by atoms with Crippen LogP contribution in [-0.4, -0.2) is 33.3 Å². The second-order valence-electron chi connectivity index (χ2n) is 6.86. The molecule has 30 heavy (non-hydrogen) atoms. The molecule has 6 nitrogen and oxygen atoms in total. The van der Waals surface area contributed by atoms with Gasteiger partial charge in [0.25, 0.3) is 0 Å². The van der Waals surface area contributed by atoms with Crippen molar-refractivity contribution in [3.05, 3.63) is 53.6 Å². The number of nitrogens with one attached hydrogen (secondary N) is 1. The number of fused-ring (bicyclic) bond motifs is 1. The number of aromatic nitrogens is 2. The highest BCUT2D eigenvalue weighted by molar-refractivity contribution is 8.00. The molecule has 1 amide bonds. The zero-order valence-electron chi connectivity index (χ0n) is 17.8. The molecule has 1 aromatic heterocycles. The van der Waals surface area contributed by atoms with Crippen LogP contribution in [0.1, 0.15) is 43.6 Å². The van der Waals surface area contributed by atoms with Crippen molar-refractivity contribution in [3.63, 3.8) is 0 Å². The van der Waals surface area contributed by atoms with Crippen LogP contribution in [-0.2, 0) is 22.5 Å². The fraction of sp³-hybridized carbons (Fsp3) is 0.348. The molecule has 3 aromatic rings. The van der Waals surface area contributed by atoms with Crippen molar-refractivity contribution >= 4 is 40.4 Å². The van der Waals surface area contributed by atoms with Gasteiger partial charge in [-0.1, -0.05) is 30.8 Å². The summed E-state index contributed by atoms with van der Waals surface area (Å²) in [4.78, 5) is 29.4.